The molecule has 36 heavy (non-hydrogen) atoms. The summed E-state index contributed by atoms with van der Waals surface area (Å²) in [5.74, 6) is -0.752. The molecule has 0 radical (unpaired) electrons. The Hall–Kier alpha value is -2.13. The maximum Gasteiger partial charge on any atom is 0.416 e. The summed E-state index contributed by atoms with van der Waals surface area (Å²) in [7, 11) is 0. The van der Waals surface area contributed by atoms with Gasteiger partial charge in [-0.15, -0.1) is 0 Å². The minimum absolute atomic E-state index is 0.143. The lowest BCUT2D eigenvalue weighted by Gasteiger charge is -2.39. The Morgan fingerprint density at radius 1 is 0.667 bits per heavy atom. The first-order valence-corrected chi connectivity index (χ1v) is 12.4. The van der Waals surface area contributed by atoms with E-state index in [9.17, 15) is 31.1 Å². The largest absolute Gasteiger partial charge is 0.416 e. The van der Waals surface area contributed by atoms with Crippen LogP contribution in [0.15, 0.2) is 36.4 Å². The number of hydrogen-bond acceptors (Lipinski definition) is 1. The number of benzene rings is 2. The van der Waals surface area contributed by atoms with Crippen molar-refractivity contribution in [3.63, 3.8) is 0 Å². The van der Waals surface area contributed by atoms with Gasteiger partial charge in [0.05, 0.1) is 11.1 Å². The Morgan fingerprint density at radius 3 is 1.31 bits per heavy atom. The van der Waals surface area contributed by atoms with Crippen LogP contribution in [-0.2, 0) is 12.4 Å². The van der Waals surface area contributed by atoms with Crippen LogP contribution in [-0.4, -0.2) is 42.0 Å². The monoisotopic (exact) mass is 552 g/mol. The zero-order valence-corrected chi connectivity index (χ0v) is 20.6. The number of likely N-dealkylation sites (tertiary alicyclic amines) is 2. The maximum atomic E-state index is 13.5. The van der Waals surface area contributed by atoms with Crippen molar-refractivity contribution in [1.82, 2.24) is 9.80 Å². The first-order chi connectivity index (χ1) is 16.8. The molecule has 2 aliphatic rings. The molecule has 2 saturated heterocycles. The van der Waals surface area contributed by atoms with Crippen molar-refractivity contribution in [3.05, 3.63) is 68.7 Å². The minimum Gasteiger partial charge on any atom is -0.325 e. The van der Waals surface area contributed by atoms with Gasteiger partial charge >= 0.3 is 18.4 Å². The van der Waals surface area contributed by atoms with E-state index < -0.39 is 23.5 Å². The molecule has 2 aromatic carbocycles. The molecular weight excluding hydrogens is 529 g/mol. The lowest BCUT2D eigenvalue weighted by atomic mass is 9.85. The number of carbonyl (C=O) groups excluding carboxylic acids is 1. The van der Waals surface area contributed by atoms with Crippen molar-refractivity contribution in [2.45, 2.75) is 49.9 Å². The van der Waals surface area contributed by atoms with E-state index in [0.29, 0.717) is 51.9 Å². The fraction of sp³-hybridized carbons (Fsp3) is 0.480. The van der Waals surface area contributed by atoms with E-state index in [0.717, 1.165) is 12.1 Å². The fourth-order valence-corrected chi connectivity index (χ4v) is 5.58. The minimum atomic E-state index is -4.49. The van der Waals surface area contributed by atoms with E-state index in [4.69, 9.17) is 23.2 Å². The number of halogens is 8. The number of urea groups is 1. The molecule has 11 heteroatoms. The highest BCUT2D eigenvalue weighted by Crippen LogP contribution is 2.42. The molecule has 0 unspecified atom stereocenters. The van der Waals surface area contributed by atoms with E-state index >= 15 is 0 Å². The highest BCUT2D eigenvalue weighted by atomic mass is 35.5. The third-order valence-electron chi connectivity index (χ3n) is 7.05. The SMILES string of the molecule is O=C(N1CCC(c2cc(Cl)ccc2C(F)(F)F)CC1)N1CCC(c2cc(Cl)ccc2C(F)(F)F)CC1. The third-order valence-corrected chi connectivity index (χ3v) is 7.52. The zero-order chi connectivity index (χ0) is 26.3. The molecule has 0 N–H and O–H groups in total. The van der Waals surface area contributed by atoms with Crippen LogP contribution in [0.1, 0.15) is 59.8 Å². The summed E-state index contributed by atoms with van der Waals surface area (Å²) in [6.07, 6.45) is -7.53. The Labute approximate surface area is 215 Å². The van der Waals surface area contributed by atoms with Crippen LogP contribution in [0.4, 0.5) is 31.1 Å². The summed E-state index contributed by atoms with van der Waals surface area (Å²) in [5, 5.41) is 0.459. The number of piperidine rings is 2. The van der Waals surface area contributed by atoms with Gasteiger partial charge in [-0.3, -0.25) is 0 Å². The zero-order valence-electron chi connectivity index (χ0n) is 19.1. The Kier molecular flexibility index (Phi) is 7.72. The van der Waals surface area contributed by atoms with Crippen molar-refractivity contribution in [2.75, 3.05) is 26.2 Å². The average Bonchev–Trinajstić information content (AvgIpc) is 2.82. The quantitative estimate of drug-likeness (QED) is 0.344. The van der Waals surface area contributed by atoms with E-state index in [-0.39, 0.29) is 39.0 Å². The molecule has 3 nitrogen and oxygen atoms in total. The van der Waals surface area contributed by atoms with Crippen LogP contribution in [0.2, 0.25) is 10.0 Å². The molecule has 0 atom stereocenters. The van der Waals surface area contributed by atoms with Crippen LogP contribution in [0.25, 0.3) is 0 Å². The summed E-state index contributed by atoms with van der Waals surface area (Å²) in [4.78, 5) is 16.3. The van der Waals surface area contributed by atoms with E-state index in [1.807, 2.05) is 0 Å². The van der Waals surface area contributed by atoms with Gasteiger partial charge in [0, 0.05) is 36.2 Å². The Bertz CT molecular complexity index is 1020. The normalized spacial score (nSPS) is 18.6. The highest BCUT2D eigenvalue weighted by Gasteiger charge is 2.39. The molecule has 0 bridgehead atoms. The van der Waals surface area contributed by atoms with Gasteiger partial charge in [0.2, 0.25) is 0 Å². The average molecular weight is 553 g/mol. The van der Waals surface area contributed by atoms with Gasteiger partial charge in [0.1, 0.15) is 0 Å². The number of amides is 2. The molecule has 0 aliphatic carbocycles. The Balaban J connectivity index is 1.38. The maximum absolute atomic E-state index is 13.5. The lowest BCUT2D eigenvalue weighted by molar-refractivity contribution is -0.139. The van der Waals surface area contributed by atoms with Crippen LogP contribution in [0, 0.1) is 0 Å². The summed E-state index contributed by atoms with van der Waals surface area (Å²) < 4.78 is 80.8. The standard InChI is InChI=1S/C25H24Cl2F6N2O/c26-17-1-3-21(24(28,29)30)19(13-17)15-5-9-34(10-6-15)23(36)35-11-7-16(8-12-35)20-14-18(27)2-4-22(20)25(31,32)33/h1-4,13-16H,5-12H2. The molecule has 0 aromatic heterocycles. The van der Waals surface area contributed by atoms with Gasteiger partial charge in [0.15, 0.2) is 0 Å². The first kappa shape index (κ1) is 26.9. The summed E-state index contributed by atoms with van der Waals surface area (Å²) in [6.45, 7) is 1.17. The predicted molar refractivity (Wildman–Crippen MR) is 125 cm³/mol. The van der Waals surface area contributed by atoms with Gasteiger partial charge < -0.3 is 9.80 Å². The lowest BCUT2D eigenvalue weighted by Crippen LogP contribution is -2.49. The van der Waals surface area contributed by atoms with Gasteiger partial charge in [-0.2, -0.15) is 26.3 Å². The third kappa shape index (κ3) is 5.88. The summed E-state index contributed by atoms with van der Waals surface area (Å²) in [5.41, 5.74) is -1.13. The number of alkyl halides is 6. The molecule has 2 amide bonds. The van der Waals surface area contributed by atoms with E-state index in [1.54, 1.807) is 9.80 Å². The predicted octanol–water partition coefficient (Wildman–Crippen LogP) is 8.21. The smallest absolute Gasteiger partial charge is 0.325 e. The van der Waals surface area contributed by atoms with Crippen LogP contribution in [0.5, 0.6) is 0 Å². The number of hydrogen-bond donors (Lipinski definition) is 0. The second-order valence-corrected chi connectivity index (χ2v) is 10.1. The van der Waals surface area contributed by atoms with Gasteiger partial charge in [-0.1, -0.05) is 23.2 Å². The fourth-order valence-electron chi connectivity index (χ4n) is 5.22. The van der Waals surface area contributed by atoms with Gasteiger partial charge in [-0.05, 0) is 85.0 Å². The first-order valence-electron chi connectivity index (χ1n) is 11.6. The second kappa shape index (κ2) is 10.3. The van der Waals surface area contributed by atoms with Crippen LogP contribution in [0.3, 0.4) is 0 Å². The summed E-state index contributed by atoms with van der Waals surface area (Å²) in [6, 6.07) is 6.88. The van der Waals surface area contributed by atoms with Gasteiger partial charge in [0.25, 0.3) is 0 Å². The van der Waals surface area contributed by atoms with Crippen molar-refractivity contribution in [3.8, 4) is 0 Å². The van der Waals surface area contributed by atoms with Crippen LogP contribution < -0.4 is 0 Å². The van der Waals surface area contributed by atoms with Crippen molar-refractivity contribution >= 4 is 29.2 Å². The second-order valence-electron chi connectivity index (χ2n) is 9.26. The van der Waals surface area contributed by atoms with E-state index in [2.05, 4.69) is 0 Å². The molecule has 0 saturated carbocycles. The molecule has 196 valence electrons. The summed E-state index contributed by atoms with van der Waals surface area (Å²) >= 11 is 11.9. The number of rotatable bonds is 2. The van der Waals surface area contributed by atoms with Crippen molar-refractivity contribution in [2.24, 2.45) is 0 Å². The molecule has 2 aliphatic heterocycles. The van der Waals surface area contributed by atoms with Gasteiger partial charge in [-0.25, -0.2) is 4.79 Å². The molecule has 2 heterocycles. The van der Waals surface area contributed by atoms with Crippen molar-refractivity contribution < 1.29 is 31.1 Å². The Morgan fingerprint density at radius 2 is 1.00 bits per heavy atom. The molecule has 2 fully saturated rings. The van der Waals surface area contributed by atoms with E-state index in [1.165, 1.54) is 24.3 Å². The molecular formula is C25H24Cl2F6N2O. The van der Waals surface area contributed by atoms with Crippen molar-refractivity contribution in [1.29, 1.82) is 0 Å². The van der Waals surface area contributed by atoms with Crippen LogP contribution >= 0.6 is 23.2 Å². The highest BCUT2D eigenvalue weighted by molar-refractivity contribution is 6.31. The number of carbonyl (C=O) groups is 1. The molecule has 0 spiro atoms. The molecule has 2 aromatic rings. The number of nitrogens with zero attached hydrogens (tertiary/aromatic N) is 2. The molecule has 4 rings (SSSR count). The topological polar surface area (TPSA) is 23.6 Å².